The third kappa shape index (κ3) is 5.42. The summed E-state index contributed by atoms with van der Waals surface area (Å²) in [5.41, 5.74) is 2.34. The molecule has 0 bridgehead atoms. The van der Waals surface area contributed by atoms with Crippen LogP contribution in [0.4, 0.5) is 0 Å². The van der Waals surface area contributed by atoms with Crippen molar-refractivity contribution in [2.24, 2.45) is 0 Å². The highest BCUT2D eigenvalue weighted by molar-refractivity contribution is 6.46. The molecule has 2 atom stereocenters. The molecule has 0 radical (unpaired) electrons. The summed E-state index contributed by atoms with van der Waals surface area (Å²) < 4.78 is 17.1. The van der Waals surface area contributed by atoms with Crippen LogP contribution in [0.25, 0.3) is 5.76 Å². The van der Waals surface area contributed by atoms with Gasteiger partial charge in [-0.1, -0.05) is 19.1 Å². The molecular weight excluding hydrogens is 484 g/mol. The van der Waals surface area contributed by atoms with Gasteiger partial charge in [0, 0.05) is 38.2 Å². The Hall–Kier alpha value is -3.36. The fourth-order valence-electron chi connectivity index (χ4n) is 5.47. The molecule has 1 amide bonds. The summed E-state index contributed by atoms with van der Waals surface area (Å²) in [6.45, 7) is 8.95. The van der Waals surface area contributed by atoms with E-state index in [1.807, 2.05) is 50.2 Å². The number of carbonyl (C=O) groups is 2. The summed E-state index contributed by atoms with van der Waals surface area (Å²) in [5, 5.41) is 11.5. The normalized spacial score (nSPS) is 22.9. The summed E-state index contributed by atoms with van der Waals surface area (Å²) in [5.74, 6) is 0.0495. The van der Waals surface area contributed by atoms with Crippen LogP contribution in [-0.4, -0.2) is 78.7 Å². The standard InChI is InChI=1S/C30H36N2O6/c1-3-14-37-24-7-4-6-21(19-24)27-26(28(33)22-8-9-25-23(18-22)17-20(2)38-25)29(34)30(35)32(27)11-5-10-31-12-15-36-16-13-31/h4,6-9,18-20,27,33H,3,5,10-17H2,1-2H3/b28-26+/t20-,27+/m0/s1. The molecule has 3 aliphatic heterocycles. The van der Waals surface area contributed by atoms with Gasteiger partial charge >= 0.3 is 0 Å². The molecule has 5 rings (SSSR count). The van der Waals surface area contributed by atoms with Crippen molar-refractivity contribution in [3.8, 4) is 11.5 Å². The molecule has 0 spiro atoms. The van der Waals surface area contributed by atoms with Gasteiger partial charge in [-0.05, 0) is 61.2 Å². The van der Waals surface area contributed by atoms with Gasteiger partial charge in [0.05, 0.1) is 31.4 Å². The van der Waals surface area contributed by atoms with Crippen molar-refractivity contribution in [1.82, 2.24) is 9.80 Å². The van der Waals surface area contributed by atoms with Crippen LogP contribution < -0.4 is 9.47 Å². The zero-order chi connectivity index (χ0) is 26.6. The van der Waals surface area contributed by atoms with Gasteiger partial charge in [-0.3, -0.25) is 14.5 Å². The van der Waals surface area contributed by atoms with Crippen molar-refractivity contribution < 1.29 is 28.9 Å². The molecule has 2 saturated heterocycles. The summed E-state index contributed by atoms with van der Waals surface area (Å²) in [4.78, 5) is 30.7. The van der Waals surface area contributed by atoms with Gasteiger partial charge in [0.15, 0.2) is 0 Å². The zero-order valence-electron chi connectivity index (χ0n) is 22.2. The topological polar surface area (TPSA) is 88.5 Å². The van der Waals surface area contributed by atoms with Crippen LogP contribution in [0.1, 0.15) is 49.4 Å². The predicted molar refractivity (Wildman–Crippen MR) is 143 cm³/mol. The predicted octanol–water partition coefficient (Wildman–Crippen LogP) is 3.94. The highest BCUT2D eigenvalue weighted by Gasteiger charge is 2.46. The summed E-state index contributed by atoms with van der Waals surface area (Å²) in [7, 11) is 0. The molecule has 1 N–H and O–H groups in total. The van der Waals surface area contributed by atoms with Gasteiger partial charge in [0.1, 0.15) is 23.4 Å². The highest BCUT2D eigenvalue weighted by Crippen LogP contribution is 2.41. The first-order valence-corrected chi connectivity index (χ1v) is 13.6. The van der Waals surface area contributed by atoms with Gasteiger partial charge in [-0.25, -0.2) is 0 Å². The maximum absolute atomic E-state index is 13.4. The Labute approximate surface area is 223 Å². The second kappa shape index (κ2) is 11.6. The summed E-state index contributed by atoms with van der Waals surface area (Å²) >= 11 is 0. The highest BCUT2D eigenvalue weighted by atomic mass is 16.5. The minimum atomic E-state index is -0.701. The first-order valence-electron chi connectivity index (χ1n) is 13.6. The van der Waals surface area contributed by atoms with E-state index in [0.717, 1.165) is 49.4 Å². The van der Waals surface area contributed by atoms with Crippen LogP contribution in [0, 0.1) is 0 Å². The third-order valence-electron chi connectivity index (χ3n) is 7.33. The van der Waals surface area contributed by atoms with Gasteiger partial charge < -0.3 is 24.2 Å². The van der Waals surface area contributed by atoms with Crippen LogP contribution in [0.2, 0.25) is 0 Å². The van der Waals surface area contributed by atoms with Crippen molar-refractivity contribution >= 4 is 17.4 Å². The van der Waals surface area contributed by atoms with E-state index in [9.17, 15) is 14.7 Å². The Balaban J connectivity index is 1.49. The zero-order valence-corrected chi connectivity index (χ0v) is 22.2. The molecule has 2 aromatic rings. The number of ether oxygens (including phenoxy) is 3. The van der Waals surface area contributed by atoms with Crippen molar-refractivity contribution in [2.45, 2.75) is 45.3 Å². The molecule has 3 heterocycles. The number of carbonyl (C=O) groups excluding carboxylic acids is 2. The second-order valence-corrected chi connectivity index (χ2v) is 10.2. The molecule has 0 aliphatic carbocycles. The number of benzene rings is 2. The first-order chi connectivity index (χ1) is 18.5. The number of hydrogen-bond donors (Lipinski definition) is 1. The van der Waals surface area contributed by atoms with Crippen molar-refractivity contribution in [1.29, 1.82) is 0 Å². The number of aliphatic hydroxyl groups excluding tert-OH is 1. The van der Waals surface area contributed by atoms with E-state index in [1.54, 1.807) is 11.0 Å². The van der Waals surface area contributed by atoms with Crippen molar-refractivity contribution in [2.75, 3.05) is 46.0 Å². The number of ketones is 1. The summed E-state index contributed by atoms with van der Waals surface area (Å²) in [6.07, 6.45) is 2.37. The van der Waals surface area contributed by atoms with E-state index in [0.29, 0.717) is 44.1 Å². The average molecular weight is 521 g/mol. The Bertz CT molecular complexity index is 1220. The molecule has 0 aromatic heterocycles. The van der Waals surface area contributed by atoms with Gasteiger partial charge in [0.25, 0.3) is 11.7 Å². The number of nitrogens with zero attached hydrogens (tertiary/aromatic N) is 2. The number of likely N-dealkylation sites (tertiary alicyclic amines) is 1. The molecule has 38 heavy (non-hydrogen) atoms. The lowest BCUT2D eigenvalue weighted by Gasteiger charge is -2.29. The first kappa shape index (κ1) is 26.3. The fraction of sp³-hybridized carbons (Fsp3) is 0.467. The third-order valence-corrected chi connectivity index (χ3v) is 7.33. The van der Waals surface area contributed by atoms with Crippen LogP contribution in [0.5, 0.6) is 11.5 Å². The lowest BCUT2D eigenvalue weighted by molar-refractivity contribution is -0.140. The minimum Gasteiger partial charge on any atom is -0.507 e. The van der Waals surface area contributed by atoms with E-state index in [2.05, 4.69) is 4.90 Å². The molecule has 0 saturated carbocycles. The Morgan fingerprint density at radius 3 is 2.71 bits per heavy atom. The number of Topliss-reactive ketones (excluding diaryl/α,β-unsaturated/α-hetero) is 1. The monoisotopic (exact) mass is 520 g/mol. The molecule has 202 valence electrons. The number of morpholine rings is 1. The van der Waals surface area contributed by atoms with Crippen molar-refractivity contribution in [3.05, 3.63) is 64.7 Å². The number of fused-ring (bicyclic) bond motifs is 1. The van der Waals surface area contributed by atoms with E-state index in [4.69, 9.17) is 14.2 Å². The van der Waals surface area contributed by atoms with Crippen molar-refractivity contribution in [3.63, 3.8) is 0 Å². The van der Waals surface area contributed by atoms with E-state index >= 15 is 0 Å². The maximum atomic E-state index is 13.4. The largest absolute Gasteiger partial charge is 0.507 e. The maximum Gasteiger partial charge on any atom is 0.295 e. The lowest BCUT2D eigenvalue weighted by Crippen LogP contribution is -2.38. The molecule has 8 nitrogen and oxygen atoms in total. The minimum absolute atomic E-state index is 0.0605. The van der Waals surface area contributed by atoms with E-state index in [1.165, 1.54) is 0 Å². The molecule has 0 unspecified atom stereocenters. The van der Waals surface area contributed by atoms with Crippen LogP contribution >= 0.6 is 0 Å². The smallest absolute Gasteiger partial charge is 0.295 e. The SMILES string of the molecule is CCCOc1cccc([C@@H]2/C(=C(\O)c3ccc4c(c3)C[C@H](C)O4)C(=O)C(=O)N2CCCN2CCOCC2)c1. The Morgan fingerprint density at radius 1 is 1.11 bits per heavy atom. The molecule has 8 heteroatoms. The van der Waals surface area contributed by atoms with E-state index < -0.39 is 17.7 Å². The molecular formula is C30H36N2O6. The lowest BCUT2D eigenvalue weighted by atomic mass is 9.94. The van der Waals surface area contributed by atoms with Gasteiger partial charge in [-0.2, -0.15) is 0 Å². The summed E-state index contributed by atoms with van der Waals surface area (Å²) in [6, 6.07) is 12.2. The van der Waals surface area contributed by atoms with E-state index in [-0.39, 0.29) is 17.4 Å². The Morgan fingerprint density at radius 2 is 1.92 bits per heavy atom. The Kier molecular flexibility index (Phi) is 8.00. The molecule has 2 fully saturated rings. The number of hydrogen-bond acceptors (Lipinski definition) is 7. The number of amides is 1. The average Bonchev–Trinajstić information content (AvgIpc) is 3.43. The fourth-order valence-corrected chi connectivity index (χ4v) is 5.47. The quantitative estimate of drug-likeness (QED) is 0.304. The molecule has 2 aromatic carbocycles. The van der Waals surface area contributed by atoms with Crippen LogP contribution in [0.15, 0.2) is 48.0 Å². The van der Waals surface area contributed by atoms with Gasteiger partial charge in [-0.15, -0.1) is 0 Å². The van der Waals surface area contributed by atoms with Gasteiger partial charge in [0.2, 0.25) is 0 Å². The number of rotatable bonds is 9. The van der Waals surface area contributed by atoms with Crippen LogP contribution in [-0.2, 0) is 20.7 Å². The second-order valence-electron chi connectivity index (χ2n) is 10.2. The number of aliphatic hydroxyl groups is 1. The van der Waals surface area contributed by atoms with Crippen LogP contribution in [0.3, 0.4) is 0 Å². The molecule has 3 aliphatic rings.